The molecule has 3 fully saturated rings. The van der Waals surface area contributed by atoms with E-state index in [0.29, 0.717) is 47.4 Å². The normalized spacial score (nSPS) is 22.0. The van der Waals surface area contributed by atoms with Crippen LogP contribution in [0.25, 0.3) is 32.9 Å². The van der Waals surface area contributed by atoms with E-state index in [1.165, 1.54) is 0 Å². The summed E-state index contributed by atoms with van der Waals surface area (Å²) < 4.78 is 28.6. The first-order valence-electron chi connectivity index (χ1n) is 15.7. The lowest BCUT2D eigenvalue weighted by molar-refractivity contribution is 0.0122. The van der Waals surface area contributed by atoms with Gasteiger partial charge < -0.3 is 19.3 Å². The van der Waals surface area contributed by atoms with Crippen LogP contribution in [0, 0.1) is 11.7 Å². The van der Waals surface area contributed by atoms with Crippen LogP contribution < -0.4 is 9.64 Å². The van der Waals surface area contributed by atoms with E-state index in [9.17, 15) is 4.79 Å². The lowest BCUT2D eigenvalue weighted by Gasteiger charge is -2.42. The molecule has 2 bridgehead atoms. The average Bonchev–Trinajstić information content (AvgIpc) is 3.54. The van der Waals surface area contributed by atoms with Gasteiger partial charge in [0.2, 0.25) is 0 Å². The number of carbonyl (C=O) groups is 1. The van der Waals surface area contributed by atoms with Crippen molar-refractivity contribution in [2.45, 2.75) is 57.7 Å². The lowest BCUT2D eigenvalue weighted by atomic mass is 10.0. The van der Waals surface area contributed by atoms with Crippen LogP contribution >= 0.6 is 11.6 Å². The van der Waals surface area contributed by atoms with Gasteiger partial charge in [-0.2, -0.15) is 9.97 Å². The fourth-order valence-corrected chi connectivity index (χ4v) is 7.33. The number of anilines is 1. The second kappa shape index (κ2) is 11.6. The van der Waals surface area contributed by atoms with Gasteiger partial charge in [0.15, 0.2) is 5.82 Å². The number of ether oxygens (including phenoxy) is 2. The number of fused-ring (bicyclic) bond motifs is 4. The van der Waals surface area contributed by atoms with Crippen molar-refractivity contribution in [3.8, 4) is 17.3 Å². The third kappa shape index (κ3) is 5.74. The van der Waals surface area contributed by atoms with Gasteiger partial charge in [0.1, 0.15) is 22.6 Å². The fourth-order valence-electron chi connectivity index (χ4n) is 7.05. The molecular weight excluding hydrogens is 595 g/mol. The van der Waals surface area contributed by atoms with Crippen molar-refractivity contribution in [2.24, 2.45) is 5.92 Å². The Balaban J connectivity index is 1.29. The summed E-state index contributed by atoms with van der Waals surface area (Å²) in [7, 11) is 2.10. The largest absolute Gasteiger partial charge is 0.463 e. The van der Waals surface area contributed by atoms with Crippen LogP contribution in [0.2, 0.25) is 5.02 Å². The van der Waals surface area contributed by atoms with Gasteiger partial charge in [0, 0.05) is 47.7 Å². The highest BCUT2D eigenvalue weighted by molar-refractivity contribution is 6.36. The minimum atomic E-state index is -0.577. The SMILES string of the molecule is CN1CC[C@H](COc2nc(N3C[C@H]4CC[C@@H](C3)N4C(=O)OC(C)(C)C)c3cnc(-c4cccc5cccc(Cl)c45)c(F)c3n2)C1. The summed E-state index contributed by atoms with van der Waals surface area (Å²) in [6, 6.07) is 11.3. The molecule has 3 atom stereocenters. The summed E-state index contributed by atoms with van der Waals surface area (Å²) in [5, 5.41) is 2.66. The maximum absolute atomic E-state index is 16.7. The second-order valence-corrected chi connectivity index (χ2v) is 14.0. The molecule has 0 saturated carbocycles. The number of halogens is 2. The number of hydrogen-bond acceptors (Lipinski definition) is 8. The van der Waals surface area contributed by atoms with E-state index in [1.807, 2.05) is 56.0 Å². The van der Waals surface area contributed by atoms with E-state index in [4.69, 9.17) is 26.1 Å². The number of likely N-dealkylation sites (tertiary alicyclic amines) is 1. The minimum Gasteiger partial charge on any atom is -0.463 e. The molecule has 5 heterocycles. The molecule has 11 heteroatoms. The third-order valence-electron chi connectivity index (χ3n) is 9.08. The van der Waals surface area contributed by atoms with Crippen LogP contribution in [0.3, 0.4) is 0 Å². The van der Waals surface area contributed by atoms with E-state index < -0.39 is 11.4 Å². The molecule has 3 aliphatic heterocycles. The van der Waals surface area contributed by atoms with Crippen molar-refractivity contribution < 1.29 is 18.7 Å². The average molecular weight is 633 g/mol. The molecule has 3 aliphatic rings. The number of amides is 1. The highest BCUT2D eigenvalue weighted by atomic mass is 35.5. The number of piperazine rings is 1. The van der Waals surface area contributed by atoms with E-state index >= 15 is 4.39 Å². The summed E-state index contributed by atoms with van der Waals surface area (Å²) in [6.07, 6.45) is 4.11. The molecular formula is C34H38ClFN6O3. The van der Waals surface area contributed by atoms with Crippen molar-refractivity contribution in [2.75, 3.05) is 44.7 Å². The van der Waals surface area contributed by atoms with Gasteiger partial charge in [0.05, 0.1) is 24.1 Å². The zero-order chi connectivity index (χ0) is 31.5. The standard InChI is InChI=1S/C34H38ClFN6O3/c1-34(2,3)45-33(43)42-22-11-12-23(42)18-41(17-22)31-25-15-37-29(24-9-5-7-21-8-6-10-26(35)27(21)24)28(36)30(25)38-32(39-31)44-19-20-13-14-40(4)16-20/h5-10,15,20,22-23H,11-14,16-19H2,1-4H3/t20-,22-,23+/m0/s1. The Morgan fingerprint density at radius 2 is 1.78 bits per heavy atom. The maximum Gasteiger partial charge on any atom is 0.410 e. The number of nitrogens with zero attached hydrogens (tertiary/aromatic N) is 6. The van der Waals surface area contributed by atoms with Crippen LogP contribution in [0.1, 0.15) is 40.0 Å². The Bertz CT molecular complexity index is 1760. The first-order chi connectivity index (χ1) is 21.6. The Morgan fingerprint density at radius 1 is 1.04 bits per heavy atom. The van der Waals surface area contributed by atoms with Crippen LogP contribution in [0.15, 0.2) is 42.6 Å². The molecule has 236 valence electrons. The fraction of sp³-hybridized carbons (Fsp3) is 0.471. The highest BCUT2D eigenvalue weighted by Crippen LogP contribution is 2.39. The quantitative estimate of drug-likeness (QED) is 0.245. The Kier molecular flexibility index (Phi) is 7.68. The first-order valence-corrected chi connectivity index (χ1v) is 16.0. The predicted octanol–water partition coefficient (Wildman–Crippen LogP) is 6.56. The molecule has 0 radical (unpaired) electrons. The number of pyridine rings is 1. The van der Waals surface area contributed by atoms with Gasteiger partial charge in [-0.25, -0.2) is 9.18 Å². The highest BCUT2D eigenvalue weighted by Gasteiger charge is 2.45. The number of aromatic nitrogens is 3. The van der Waals surface area contributed by atoms with Gasteiger partial charge in [0.25, 0.3) is 0 Å². The van der Waals surface area contributed by atoms with Crippen LogP contribution in [0.4, 0.5) is 15.0 Å². The molecule has 7 rings (SSSR count). The van der Waals surface area contributed by atoms with Gasteiger partial charge in [-0.15, -0.1) is 0 Å². The lowest BCUT2D eigenvalue weighted by Crippen LogP contribution is -2.57. The molecule has 0 spiro atoms. The molecule has 2 aromatic carbocycles. The van der Waals surface area contributed by atoms with Crippen LogP contribution in [-0.4, -0.2) is 88.4 Å². The van der Waals surface area contributed by atoms with Gasteiger partial charge in [-0.05, 0) is 65.1 Å². The van der Waals surface area contributed by atoms with Crippen molar-refractivity contribution in [3.63, 3.8) is 0 Å². The van der Waals surface area contributed by atoms with Crippen LogP contribution in [0.5, 0.6) is 6.01 Å². The molecule has 0 N–H and O–H groups in total. The Labute approximate surface area is 267 Å². The van der Waals surface area contributed by atoms with E-state index in [0.717, 1.165) is 43.1 Å². The molecule has 4 aromatic rings. The van der Waals surface area contributed by atoms with Crippen molar-refractivity contribution in [1.82, 2.24) is 24.8 Å². The number of carbonyl (C=O) groups excluding carboxylic acids is 1. The molecule has 1 amide bonds. The zero-order valence-electron chi connectivity index (χ0n) is 26.1. The van der Waals surface area contributed by atoms with Gasteiger partial charge >= 0.3 is 12.1 Å². The summed E-state index contributed by atoms with van der Waals surface area (Å²) in [6.45, 7) is 9.11. The summed E-state index contributed by atoms with van der Waals surface area (Å²) in [5.41, 5.74) is 0.336. The Morgan fingerprint density at radius 3 is 2.47 bits per heavy atom. The molecule has 9 nitrogen and oxygen atoms in total. The van der Waals surface area contributed by atoms with Crippen LogP contribution in [-0.2, 0) is 4.74 Å². The van der Waals surface area contributed by atoms with Crippen molar-refractivity contribution in [3.05, 3.63) is 53.4 Å². The molecule has 2 aromatic heterocycles. The molecule has 3 saturated heterocycles. The van der Waals surface area contributed by atoms with E-state index in [1.54, 1.807) is 12.3 Å². The summed E-state index contributed by atoms with van der Waals surface area (Å²) in [4.78, 5) is 33.5. The summed E-state index contributed by atoms with van der Waals surface area (Å²) in [5.74, 6) is 0.360. The van der Waals surface area contributed by atoms with Crippen molar-refractivity contribution in [1.29, 1.82) is 0 Å². The minimum absolute atomic E-state index is 0.0445. The topological polar surface area (TPSA) is 83.9 Å². The predicted molar refractivity (Wildman–Crippen MR) is 173 cm³/mol. The first kappa shape index (κ1) is 29.9. The number of hydrogen-bond donors (Lipinski definition) is 0. The molecule has 0 unspecified atom stereocenters. The smallest absolute Gasteiger partial charge is 0.410 e. The molecule has 45 heavy (non-hydrogen) atoms. The number of rotatable bonds is 5. The maximum atomic E-state index is 16.7. The third-order valence-corrected chi connectivity index (χ3v) is 9.39. The van der Waals surface area contributed by atoms with Crippen molar-refractivity contribution >= 4 is 45.2 Å². The van der Waals surface area contributed by atoms with E-state index in [-0.39, 0.29) is 35.4 Å². The van der Waals surface area contributed by atoms with Gasteiger partial charge in [-0.1, -0.05) is 41.9 Å². The van der Waals surface area contributed by atoms with E-state index in [2.05, 4.69) is 26.8 Å². The molecule has 0 aliphatic carbocycles. The zero-order valence-corrected chi connectivity index (χ0v) is 26.9. The summed E-state index contributed by atoms with van der Waals surface area (Å²) >= 11 is 6.61. The van der Waals surface area contributed by atoms with Gasteiger partial charge in [-0.3, -0.25) is 9.88 Å². The monoisotopic (exact) mass is 632 g/mol. The number of benzene rings is 2. The second-order valence-electron chi connectivity index (χ2n) is 13.6. The Hall–Kier alpha value is -3.76.